The fourth-order valence-electron chi connectivity index (χ4n) is 1.94. The summed E-state index contributed by atoms with van der Waals surface area (Å²) in [4.78, 5) is 11.5. The molecule has 0 atom stereocenters. The van der Waals surface area contributed by atoms with E-state index in [9.17, 15) is 18.3 Å². The monoisotopic (exact) mass is 338 g/mol. The largest absolute Gasteiger partial charge is 0.477 e. The van der Waals surface area contributed by atoms with E-state index in [1.165, 1.54) is 0 Å². The number of benzene rings is 1. The molecule has 0 aliphatic rings. The molecule has 7 nitrogen and oxygen atoms in total. The summed E-state index contributed by atoms with van der Waals surface area (Å²) in [5.41, 5.74) is 0.471. The van der Waals surface area contributed by atoms with E-state index in [4.69, 9.17) is 4.52 Å². The van der Waals surface area contributed by atoms with Gasteiger partial charge >= 0.3 is 5.97 Å². The van der Waals surface area contributed by atoms with Gasteiger partial charge in [-0.25, -0.2) is 13.2 Å². The molecule has 0 spiro atoms. The van der Waals surface area contributed by atoms with Gasteiger partial charge in [0.15, 0.2) is 27.0 Å². The number of aromatic nitrogens is 1. The number of rotatable bonds is 7. The predicted molar refractivity (Wildman–Crippen MR) is 86.3 cm³/mol. The summed E-state index contributed by atoms with van der Waals surface area (Å²) in [6.07, 6.45) is 0. The van der Waals surface area contributed by atoms with E-state index >= 15 is 0 Å². The average Bonchev–Trinajstić information content (AvgIpc) is 2.92. The van der Waals surface area contributed by atoms with E-state index in [2.05, 4.69) is 10.5 Å². The van der Waals surface area contributed by atoms with Gasteiger partial charge < -0.3 is 14.9 Å². The average molecular weight is 338 g/mol. The summed E-state index contributed by atoms with van der Waals surface area (Å²) in [5.74, 6) is -1.15. The van der Waals surface area contributed by atoms with Crippen LogP contribution in [0.4, 0.5) is 5.82 Å². The van der Waals surface area contributed by atoms with Crippen molar-refractivity contribution in [1.29, 1.82) is 0 Å². The predicted octanol–water partition coefficient (Wildman–Crippen LogP) is 2.27. The summed E-state index contributed by atoms with van der Waals surface area (Å²) in [5, 5.41) is 15.3. The molecular formula is C15H18N2O5S. The minimum Gasteiger partial charge on any atom is -0.477 e. The van der Waals surface area contributed by atoms with Gasteiger partial charge in [-0.15, -0.1) is 0 Å². The number of carboxylic acids is 1. The molecule has 0 amide bonds. The highest BCUT2D eigenvalue weighted by molar-refractivity contribution is 7.92. The molecule has 124 valence electrons. The zero-order chi connectivity index (χ0) is 17.0. The Morgan fingerprint density at radius 2 is 1.96 bits per heavy atom. The second-order valence-corrected chi connectivity index (χ2v) is 7.93. The van der Waals surface area contributed by atoms with Gasteiger partial charge in [-0.05, 0) is 13.8 Å². The number of nitrogens with one attached hydrogen (secondary N) is 1. The summed E-state index contributed by atoms with van der Waals surface area (Å²) in [6.45, 7) is 3.25. The number of hydrogen-bond donors (Lipinski definition) is 2. The molecule has 2 aromatic rings. The first-order chi connectivity index (χ1) is 10.8. The Morgan fingerprint density at radius 1 is 1.30 bits per heavy atom. The number of hydrogen-bond acceptors (Lipinski definition) is 6. The molecule has 1 heterocycles. The Balaban J connectivity index is 2.21. The Kier molecular flexibility index (Phi) is 5.05. The van der Waals surface area contributed by atoms with Crippen LogP contribution >= 0.6 is 0 Å². The minimum atomic E-state index is -3.22. The molecule has 0 bridgehead atoms. The topological polar surface area (TPSA) is 110 Å². The molecule has 8 heteroatoms. The third-order valence-corrected chi connectivity index (χ3v) is 5.55. The summed E-state index contributed by atoms with van der Waals surface area (Å²) >= 11 is 0. The summed E-state index contributed by atoms with van der Waals surface area (Å²) in [7, 11) is -3.22. The van der Waals surface area contributed by atoms with Crippen LogP contribution in [0.25, 0.3) is 11.3 Å². The van der Waals surface area contributed by atoms with Gasteiger partial charge in [-0.1, -0.05) is 35.5 Å². The van der Waals surface area contributed by atoms with Crippen molar-refractivity contribution < 1.29 is 22.8 Å². The van der Waals surface area contributed by atoms with Gasteiger partial charge in [0.2, 0.25) is 0 Å². The zero-order valence-corrected chi connectivity index (χ0v) is 13.6. The smallest absolute Gasteiger partial charge is 0.343 e. The van der Waals surface area contributed by atoms with Gasteiger partial charge in [0.25, 0.3) is 0 Å². The van der Waals surface area contributed by atoms with Gasteiger partial charge in [-0.3, -0.25) is 0 Å². The third kappa shape index (κ3) is 3.89. The number of anilines is 1. The molecule has 0 saturated heterocycles. The van der Waals surface area contributed by atoms with Crippen molar-refractivity contribution in [3.8, 4) is 11.3 Å². The van der Waals surface area contributed by atoms with Crippen LogP contribution in [0, 0.1) is 0 Å². The zero-order valence-electron chi connectivity index (χ0n) is 12.8. The number of aromatic carboxylic acids is 1. The Hall–Kier alpha value is -2.35. The molecule has 23 heavy (non-hydrogen) atoms. The van der Waals surface area contributed by atoms with Crippen molar-refractivity contribution in [3.05, 3.63) is 35.9 Å². The maximum atomic E-state index is 11.8. The van der Waals surface area contributed by atoms with Crippen LogP contribution in [-0.4, -0.2) is 42.2 Å². The van der Waals surface area contributed by atoms with Crippen LogP contribution in [0.1, 0.15) is 24.2 Å². The van der Waals surface area contributed by atoms with Crippen LogP contribution in [-0.2, 0) is 9.84 Å². The van der Waals surface area contributed by atoms with E-state index in [1.54, 1.807) is 44.2 Å². The molecule has 0 radical (unpaired) electrons. The lowest BCUT2D eigenvalue weighted by Crippen LogP contribution is -2.23. The standard InChI is InChI=1S/C15H18N2O5S/c1-10(2)23(20,21)9-8-16-14-12(15(18)19)13(22-17-14)11-6-4-3-5-7-11/h3-7,10H,8-9H2,1-2H3,(H,16,17)(H,18,19). The van der Waals surface area contributed by atoms with Crippen molar-refractivity contribution in [2.75, 3.05) is 17.6 Å². The molecule has 1 aromatic heterocycles. The first-order valence-electron chi connectivity index (χ1n) is 7.06. The van der Waals surface area contributed by atoms with Crippen molar-refractivity contribution in [2.45, 2.75) is 19.1 Å². The maximum absolute atomic E-state index is 11.8. The van der Waals surface area contributed by atoms with Crippen LogP contribution in [0.3, 0.4) is 0 Å². The molecule has 2 N–H and O–H groups in total. The lowest BCUT2D eigenvalue weighted by molar-refractivity contribution is 0.0698. The molecule has 0 saturated carbocycles. The number of carbonyl (C=O) groups is 1. The van der Waals surface area contributed by atoms with E-state index in [0.29, 0.717) is 5.56 Å². The Morgan fingerprint density at radius 3 is 2.52 bits per heavy atom. The third-order valence-electron chi connectivity index (χ3n) is 3.34. The fourth-order valence-corrected chi connectivity index (χ4v) is 2.80. The van der Waals surface area contributed by atoms with E-state index in [0.717, 1.165) is 0 Å². The van der Waals surface area contributed by atoms with Gasteiger partial charge in [0.1, 0.15) is 0 Å². The summed E-state index contributed by atoms with van der Waals surface area (Å²) in [6, 6.07) is 8.73. The lowest BCUT2D eigenvalue weighted by Gasteiger charge is -2.08. The molecule has 2 rings (SSSR count). The quantitative estimate of drug-likeness (QED) is 0.797. The van der Waals surface area contributed by atoms with Gasteiger partial charge in [0, 0.05) is 12.1 Å². The number of sulfone groups is 1. The van der Waals surface area contributed by atoms with E-state index in [-0.39, 0.29) is 29.4 Å². The minimum absolute atomic E-state index is 0.0234. The highest BCUT2D eigenvalue weighted by Crippen LogP contribution is 2.29. The van der Waals surface area contributed by atoms with E-state index < -0.39 is 21.1 Å². The fraction of sp³-hybridized carbons (Fsp3) is 0.333. The second kappa shape index (κ2) is 6.82. The van der Waals surface area contributed by atoms with Crippen LogP contribution in [0.2, 0.25) is 0 Å². The van der Waals surface area contributed by atoms with E-state index in [1.807, 2.05) is 0 Å². The van der Waals surface area contributed by atoms with Crippen molar-refractivity contribution in [1.82, 2.24) is 5.16 Å². The maximum Gasteiger partial charge on any atom is 0.343 e. The van der Waals surface area contributed by atoms with Gasteiger partial charge in [-0.2, -0.15) is 0 Å². The molecule has 0 aliphatic carbocycles. The molecule has 0 unspecified atom stereocenters. The molecule has 0 aliphatic heterocycles. The summed E-state index contributed by atoms with van der Waals surface area (Å²) < 4.78 is 28.7. The lowest BCUT2D eigenvalue weighted by atomic mass is 10.1. The van der Waals surface area contributed by atoms with Crippen molar-refractivity contribution in [2.24, 2.45) is 0 Å². The van der Waals surface area contributed by atoms with Crippen molar-refractivity contribution in [3.63, 3.8) is 0 Å². The highest BCUT2D eigenvalue weighted by Gasteiger charge is 2.24. The molecule has 1 aromatic carbocycles. The number of nitrogens with zero attached hydrogens (tertiary/aromatic N) is 1. The Bertz CT molecular complexity index is 781. The number of carboxylic acid groups (broad SMARTS) is 1. The van der Waals surface area contributed by atoms with Crippen LogP contribution < -0.4 is 5.32 Å². The highest BCUT2D eigenvalue weighted by atomic mass is 32.2. The van der Waals surface area contributed by atoms with Crippen molar-refractivity contribution >= 4 is 21.6 Å². The normalized spacial score (nSPS) is 11.6. The van der Waals surface area contributed by atoms with Crippen LogP contribution in [0.5, 0.6) is 0 Å². The Labute approximate surface area is 134 Å². The first kappa shape index (κ1) is 17.0. The SMILES string of the molecule is CC(C)S(=O)(=O)CCNc1noc(-c2ccccc2)c1C(=O)O. The molecule has 0 fully saturated rings. The first-order valence-corrected chi connectivity index (χ1v) is 8.78. The second-order valence-electron chi connectivity index (χ2n) is 5.25. The van der Waals surface area contributed by atoms with Crippen LogP contribution in [0.15, 0.2) is 34.9 Å². The van der Waals surface area contributed by atoms with Gasteiger partial charge in [0.05, 0.1) is 11.0 Å². The molecular weight excluding hydrogens is 320 g/mol.